The third-order valence-electron chi connectivity index (χ3n) is 3.97. The summed E-state index contributed by atoms with van der Waals surface area (Å²) in [5.41, 5.74) is 2.02. The lowest BCUT2D eigenvalue weighted by Gasteiger charge is -2.23. The highest BCUT2D eigenvalue weighted by atomic mass is 16.1. The number of Topliss-reactive ketones (excluding diaryl/α,β-unsaturated/α-hetero) is 1. The van der Waals surface area contributed by atoms with E-state index in [9.17, 15) is 4.79 Å². The van der Waals surface area contributed by atoms with Crippen LogP contribution in [-0.4, -0.2) is 44.4 Å². The Labute approximate surface area is 116 Å². The second-order valence-electron chi connectivity index (χ2n) is 5.62. The fraction of sp³-hybridized carbons (Fsp3) is 0.562. The molecular weight excluding hydrogens is 236 g/mol. The van der Waals surface area contributed by atoms with Crippen LogP contribution in [0.5, 0.6) is 0 Å². The third kappa shape index (κ3) is 3.57. The van der Waals surface area contributed by atoms with E-state index in [-0.39, 0.29) is 5.78 Å². The number of carbonyl (C=O) groups excluding carboxylic acids is 1. The molecule has 3 heteroatoms. The van der Waals surface area contributed by atoms with Gasteiger partial charge in [-0.15, -0.1) is 0 Å². The molecule has 19 heavy (non-hydrogen) atoms. The van der Waals surface area contributed by atoms with E-state index in [1.807, 2.05) is 19.1 Å². The molecule has 0 bridgehead atoms. The molecule has 0 aliphatic carbocycles. The van der Waals surface area contributed by atoms with Crippen molar-refractivity contribution in [3.8, 4) is 0 Å². The first kappa shape index (κ1) is 14.1. The Morgan fingerprint density at radius 1 is 1.37 bits per heavy atom. The molecule has 1 aromatic carbocycles. The van der Waals surface area contributed by atoms with Crippen LogP contribution in [0.15, 0.2) is 24.3 Å². The van der Waals surface area contributed by atoms with Gasteiger partial charge in [-0.3, -0.25) is 4.79 Å². The van der Waals surface area contributed by atoms with E-state index >= 15 is 0 Å². The zero-order chi connectivity index (χ0) is 13.8. The molecule has 0 radical (unpaired) electrons. The highest BCUT2D eigenvalue weighted by Gasteiger charge is 2.20. The number of ketones is 1. The maximum atomic E-state index is 11.6. The number of anilines is 1. The minimum absolute atomic E-state index is 0.214. The number of benzene rings is 1. The van der Waals surface area contributed by atoms with Crippen molar-refractivity contribution in [1.29, 1.82) is 0 Å². The van der Waals surface area contributed by atoms with Gasteiger partial charge in [0.2, 0.25) is 0 Å². The van der Waals surface area contributed by atoms with Gasteiger partial charge in [-0.05, 0) is 50.2 Å². The summed E-state index contributed by atoms with van der Waals surface area (Å²) in [5.74, 6) is 0.971. The Bertz CT molecular complexity index is 427. The van der Waals surface area contributed by atoms with Crippen molar-refractivity contribution < 1.29 is 4.79 Å². The standard InChI is InChI=1S/C16H24N2O/c1-4-16(19)14-5-7-15(8-6-14)18(3)12-13-9-10-17(2)11-13/h5-8,13H,4,9-12H2,1-3H3. The quantitative estimate of drug-likeness (QED) is 0.760. The van der Waals surface area contributed by atoms with Crippen molar-refractivity contribution in [3.05, 3.63) is 29.8 Å². The largest absolute Gasteiger partial charge is 0.374 e. The van der Waals surface area contributed by atoms with Gasteiger partial charge < -0.3 is 9.80 Å². The molecule has 1 aliphatic heterocycles. The number of rotatable bonds is 5. The minimum atomic E-state index is 0.214. The predicted molar refractivity (Wildman–Crippen MR) is 79.9 cm³/mol. The second-order valence-corrected chi connectivity index (χ2v) is 5.62. The molecule has 3 nitrogen and oxygen atoms in total. The van der Waals surface area contributed by atoms with Gasteiger partial charge in [0.1, 0.15) is 0 Å². The third-order valence-corrected chi connectivity index (χ3v) is 3.97. The van der Waals surface area contributed by atoms with Gasteiger partial charge in [0.25, 0.3) is 0 Å². The number of hydrogen-bond acceptors (Lipinski definition) is 3. The average molecular weight is 260 g/mol. The maximum Gasteiger partial charge on any atom is 0.162 e. The van der Waals surface area contributed by atoms with Crippen molar-refractivity contribution >= 4 is 11.5 Å². The van der Waals surface area contributed by atoms with Crippen molar-refractivity contribution in [3.63, 3.8) is 0 Å². The summed E-state index contributed by atoms with van der Waals surface area (Å²) in [6.07, 6.45) is 1.86. The summed E-state index contributed by atoms with van der Waals surface area (Å²) >= 11 is 0. The predicted octanol–water partition coefficient (Wildman–Crippen LogP) is 2.67. The molecule has 1 heterocycles. The molecule has 1 saturated heterocycles. The van der Waals surface area contributed by atoms with Crippen molar-refractivity contribution in [2.75, 3.05) is 38.6 Å². The van der Waals surface area contributed by atoms with Crippen LogP contribution in [0, 0.1) is 5.92 Å². The Kier molecular flexibility index (Phi) is 4.59. The molecule has 1 atom stereocenters. The molecule has 0 aromatic heterocycles. The van der Waals surface area contributed by atoms with E-state index in [0.29, 0.717) is 6.42 Å². The van der Waals surface area contributed by atoms with Crippen LogP contribution in [-0.2, 0) is 0 Å². The lowest BCUT2D eigenvalue weighted by atomic mass is 10.1. The number of carbonyl (C=O) groups is 1. The van der Waals surface area contributed by atoms with Crippen LogP contribution < -0.4 is 4.90 Å². The highest BCUT2D eigenvalue weighted by molar-refractivity contribution is 5.96. The van der Waals surface area contributed by atoms with Crippen molar-refractivity contribution in [2.24, 2.45) is 5.92 Å². The van der Waals surface area contributed by atoms with Crippen LogP contribution >= 0.6 is 0 Å². The summed E-state index contributed by atoms with van der Waals surface area (Å²) in [6.45, 7) is 5.39. The zero-order valence-electron chi connectivity index (χ0n) is 12.2. The van der Waals surface area contributed by atoms with Gasteiger partial charge in [0, 0.05) is 37.8 Å². The minimum Gasteiger partial charge on any atom is -0.374 e. The maximum absolute atomic E-state index is 11.6. The molecule has 0 amide bonds. The summed E-state index contributed by atoms with van der Waals surface area (Å²) in [4.78, 5) is 16.3. The summed E-state index contributed by atoms with van der Waals surface area (Å²) in [5, 5.41) is 0. The molecule has 1 aliphatic rings. The van der Waals surface area contributed by atoms with E-state index in [4.69, 9.17) is 0 Å². The summed E-state index contributed by atoms with van der Waals surface area (Å²) in [6, 6.07) is 8.00. The Morgan fingerprint density at radius 2 is 2.05 bits per heavy atom. The van der Waals surface area contributed by atoms with Crippen LogP contribution in [0.2, 0.25) is 0 Å². The lowest BCUT2D eigenvalue weighted by molar-refractivity contribution is 0.0988. The Morgan fingerprint density at radius 3 is 2.58 bits per heavy atom. The molecule has 1 aromatic rings. The molecule has 0 saturated carbocycles. The van der Waals surface area contributed by atoms with Gasteiger partial charge in [-0.2, -0.15) is 0 Å². The lowest BCUT2D eigenvalue weighted by Crippen LogP contribution is -2.27. The fourth-order valence-corrected chi connectivity index (χ4v) is 2.77. The van der Waals surface area contributed by atoms with Crippen molar-refractivity contribution in [1.82, 2.24) is 4.90 Å². The van der Waals surface area contributed by atoms with E-state index in [1.54, 1.807) is 0 Å². The molecule has 0 spiro atoms. The van der Waals surface area contributed by atoms with E-state index in [2.05, 4.69) is 36.0 Å². The second kappa shape index (κ2) is 6.20. The highest BCUT2D eigenvalue weighted by Crippen LogP contribution is 2.20. The SMILES string of the molecule is CCC(=O)c1ccc(N(C)CC2CCN(C)C2)cc1. The van der Waals surface area contributed by atoms with Crippen LogP contribution in [0.1, 0.15) is 30.1 Å². The van der Waals surface area contributed by atoms with E-state index < -0.39 is 0 Å². The molecule has 2 rings (SSSR count). The van der Waals surface area contributed by atoms with Gasteiger partial charge in [-0.1, -0.05) is 6.92 Å². The normalized spacial score (nSPS) is 19.6. The number of likely N-dealkylation sites (tertiary alicyclic amines) is 1. The van der Waals surface area contributed by atoms with Crippen LogP contribution in [0.4, 0.5) is 5.69 Å². The molecule has 104 valence electrons. The molecule has 0 N–H and O–H groups in total. The van der Waals surface area contributed by atoms with E-state index in [0.717, 1.165) is 18.0 Å². The zero-order valence-corrected chi connectivity index (χ0v) is 12.2. The topological polar surface area (TPSA) is 23.6 Å². The van der Waals surface area contributed by atoms with Crippen molar-refractivity contribution in [2.45, 2.75) is 19.8 Å². The number of hydrogen-bond donors (Lipinski definition) is 0. The van der Waals surface area contributed by atoms with Crippen LogP contribution in [0.3, 0.4) is 0 Å². The van der Waals surface area contributed by atoms with E-state index in [1.165, 1.54) is 25.2 Å². The molecule has 1 unspecified atom stereocenters. The van der Waals surface area contributed by atoms with Gasteiger partial charge in [-0.25, -0.2) is 0 Å². The monoisotopic (exact) mass is 260 g/mol. The first-order valence-electron chi connectivity index (χ1n) is 7.13. The molecular formula is C16H24N2O. The van der Waals surface area contributed by atoms with Gasteiger partial charge in [0.15, 0.2) is 5.78 Å². The fourth-order valence-electron chi connectivity index (χ4n) is 2.77. The van der Waals surface area contributed by atoms with Gasteiger partial charge in [0.05, 0.1) is 0 Å². The van der Waals surface area contributed by atoms with Crippen LogP contribution in [0.25, 0.3) is 0 Å². The smallest absolute Gasteiger partial charge is 0.162 e. The molecule has 1 fully saturated rings. The summed E-state index contributed by atoms with van der Waals surface area (Å²) in [7, 11) is 4.32. The Balaban J connectivity index is 1.95. The first-order chi connectivity index (χ1) is 9.10. The summed E-state index contributed by atoms with van der Waals surface area (Å²) < 4.78 is 0. The number of nitrogens with zero attached hydrogens (tertiary/aromatic N) is 2. The van der Waals surface area contributed by atoms with Gasteiger partial charge >= 0.3 is 0 Å². The Hall–Kier alpha value is -1.35. The average Bonchev–Trinajstić information content (AvgIpc) is 2.83. The first-order valence-corrected chi connectivity index (χ1v) is 7.13.